The van der Waals surface area contributed by atoms with Gasteiger partial charge in [0.25, 0.3) is 0 Å². The van der Waals surface area contributed by atoms with Crippen molar-refractivity contribution < 1.29 is 4.74 Å². The van der Waals surface area contributed by atoms with Crippen LogP contribution in [-0.2, 0) is 5.41 Å². The summed E-state index contributed by atoms with van der Waals surface area (Å²) in [6.45, 7) is 7.78. The van der Waals surface area contributed by atoms with Crippen LogP contribution < -0.4 is 9.64 Å². The van der Waals surface area contributed by atoms with Crippen molar-refractivity contribution in [3.63, 3.8) is 0 Å². The lowest BCUT2D eigenvalue weighted by molar-refractivity contribution is 0.435. The zero-order valence-electron chi connectivity index (χ0n) is 29.1. The van der Waals surface area contributed by atoms with Crippen molar-refractivity contribution in [2.45, 2.75) is 15.2 Å². The molecule has 2 aliphatic heterocycles. The van der Waals surface area contributed by atoms with Gasteiger partial charge in [0.1, 0.15) is 0 Å². The molecule has 0 atom stereocenters. The highest BCUT2D eigenvalue weighted by Crippen LogP contribution is 2.65. The Morgan fingerprint density at radius 2 is 1.09 bits per heavy atom. The van der Waals surface area contributed by atoms with Crippen LogP contribution in [0.5, 0.6) is 11.5 Å². The number of anilines is 3. The lowest BCUT2D eigenvalue weighted by atomic mass is 9.66. The highest BCUT2D eigenvalue weighted by molar-refractivity contribution is 7.99. The fourth-order valence-corrected chi connectivity index (χ4v) is 10.3. The number of nitrogens with zero attached hydrogens (tertiary/aromatic N) is 5. The summed E-state index contributed by atoms with van der Waals surface area (Å²) in [7, 11) is 0. The number of benzene rings is 6. The average molecular weight is 722 g/mol. The Balaban J connectivity index is 1.23. The summed E-state index contributed by atoms with van der Waals surface area (Å²) in [6.07, 6.45) is 3.72. The zero-order chi connectivity index (χ0) is 36.3. The zero-order valence-corrected chi connectivity index (χ0v) is 30.0. The molecule has 0 saturated carbocycles. The van der Waals surface area contributed by atoms with Gasteiger partial charge in [0.05, 0.1) is 57.2 Å². The Kier molecular flexibility index (Phi) is 6.17. The smallest absolute Gasteiger partial charge is 0.188 e. The molecule has 0 radical (unpaired) electrons. The van der Waals surface area contributed by atoms with Crippen molar-refractivity contribution in [2.24, 2.45) is 0 Å². The van der Waals surface area contributed by atoms with Gasteiger partial charge < -0.3 is 14.2 Å². The van der Waals surface area contributed by atoms with Crippen molar-refractivity contribution in [1.82, 2.24) is 14.5 Å². The number of hydrogen-bond donors (Lipinski definition) is 0. The molecule has 0 amide bonds. The Morgan fingerprint density at radius 1 is 0.527 bits per heavy atom. The molecule has 3 aromatic heterocycles. The SMILES string of the molecule is [C-]#[N+]c1ccc2c(c1)c1ccccc1n2-c1cccc2c1Oc1c(N3c4ccccc4Sc4ccccc43)cccc1C21c2cccnc2-c2ncccc21. The van der Waals surface area contributed by atoms with Gasteiger partial charge >= 0.3 is 0 Å². The topological polar surface area (TPSA) is 47.5 Å². The number of fused-ring (bicyclic) bond motifs is 14. The van der Waals surface area contributed by atoms with Crippen LogP contribution in [0.2, 0.25) is 0 Å². The molecule has 0 bridgehead atoms. The molecule has 9 aromatic rings. The Morgan fingerprint density at radius 3 is 1.78 bits per heavy atom. The first kappa shape index (κ1) is 30.3. The van der Waals surface area contributed by atoms with Gasteiger partial charge in [0.2, 0.25) is 0 Å². The van der Waals surface area contributed by atoms with E-state index < -0.39 is 5.41 Å². The van der Waals surface area contributed by atoms with Crippen LogP contribution in [0.25, 0.3) is 43.7 Å². The number of para-hydroxylation sites is 5. The second-order valence-electron chi connectivity index (χ2n) is 14.0. The first-order chi connectivity index (χ1) is 27.3. The van der Waals surface area contributed by atoms with Crippen molar-refractivity contribution >= 4 is 56.3 Å². The third kappa shape index (κ3) is 3.93. The second-order valence-corrected chi connectivity index (χ2v) is 15.1. The fraction of sp³-hybridized carbons (Fsp3) is 0.0208. The van der Waals surface area contributed by atoms with Crippen molar-refractivity contribution in [3.8, 4) is 28.6 Å². The summed E-state index contributed by atoms with van der Waals surface area (Å²) in [5.41, 5.74) is 11.9. The summed E-state index contributed by atoms with van der Waals surface area (Å²) in [6, 6.07) is 53.1. The summed E-state index contributed by atoms with van der Waals surface area (Å²) in [4.78, 5) is 18.5. The number of hydrogen-bond acceptors (Lipinski definition) is 5. The van der Waals surface area contributed by atoms with E-state index in [2.05, 4.69) is 142 Å². The molecule has 0 N–H and O–H groups in total. The maximum Gasteiger partial charge on any atom is 0.188 e. The summed E-state index contributed by atoms with van der Waals surface area (Å²) in [5, 5.41) is 2.11. The van der Waals surface area contributed by atoms with Crippen LogP contribution in [0.3, 0.4) is 0 Å². The number of aromatic nitrogens is 3. The van der Waals surface area contributed by atoms with E-state index >= 15 is 0 Å². The van der Waals surface area contributed by atoms with Gasteiger partial charge in [0, 0.05) is 38.7 Å². The number of pyridine rings is 2. The molecule has 1 aliphatic carbocycles. The number of rotatable bonds is 2. The van der Waals surface area contributed by atoms with Gasteiger partial charge in [-0.3, -0.25) is 9.97 Å². The third-order valence-corrected chi connectivity index (χ3v) is 12.5. The standard InChI is InChI=1S/C48H27N5OS/c1-49-29-24-25-37-31(28-29)30-12-2-3-17-36(30)52(37)40-20-8-13-34-46(40)54-47-35(48(34)32-15-10-26-50-44(32)45-33(48)16-11-27-51-45)14-9-21-41(47)53-38-18-4-6-22-42(38)55-43-23-7-5-19-39(43)53/h2-28H. The van der Waals surface area contributed by atoms with Crippen LogP contribution in [0.4, 0.5) is 22.7 Å². The normalized spacial score (nSPS) is 14.0. The predicted molar refractivity (Wildman–Crippen MR) is 219 cm³/mol. The minimum atomic E-state index is -0.790. The van der Waals surface area contributed by atoms with Crippen molar-refractivity contribution in [1.29, 1.82) is 0 Å². The van der Waals surface area contributed by atoms with Crippen LogP contribution >= 0.6 is 11.8 Å². The van der Waals surface area contributed by atoms with Crippen LogP contribution in [0.1, 0.15) is 22.3 Å². The van der Waals surface area contributed by atoms with Gasteiger partial charge in [-0.2, -0.15) is 0 Å². The van der Waals surface area contributed by atoms with Gasteiger partial charge in [-0.05, 0) is 83.2 Å². The van der Waals surface area contributed by atoms with E-state index in [0.29, 0.717) is 5.69 Å². The molecule has 0 fully saturated rings. The number of ether oxygens (including phenoxy) is 1. The molecule has 0 unspecified atom stereocenters. The average Bonchev–Trinajstić information content (AvgIpc) is 3.73. The maximum atomic E-state index is 7.78. The molecule has 7 heteroatoms. The lowest BCUT2D eigenvalue weighted by Crippen LogP contribution is -2.33. The second kappa shape index (κ2) is 11.2. The van der Waals surface area contributed by atoms with E-state index in [4.69, 9.17) is 21.3 Å². The monoisotopic (exact) mass is 721 g/mol. The first-order valence-corrected chi connectivity index (χ1v) is 19.0. The quantitative estimate of drug-likeness (QED) is 0.166. The highest BCUT2D eigenvalue weighted by Gasteiger charge is 2.53. The Hall–Kier alpha value is -7.14. The lowest BCUT2D eigenvalue weighted by Gasteiger charge is -2.42. The summed E-state index contributed by atoms with van der Waals surface area (Å²) < 4.78 is 9.84. The largest absolute Gasteiger partial charge is 0.452 e. The van der Waals surface area contributed by atoms with Crippen LogP contribution in [0.15, 0.2) is 174 Å². The van der Waals surface area contributed by atoms with E-state index in [-0.39, 0.29) is 0 Å². The molecular weight excluding hydrogens is 695 g/mol. The van der Waals surface area contributed by atoms with Gasteiger partial charge in [0.15, 0.2) is 17.2 Å². The van der Waals surface area contributed by atoms with Gasteiger partial charge in [-0.1, -0.05) is 96.7 Å². The highest BCUT2D eigenvalue weighted by atomic mass is 32.2. The molecule has 55 heavy (non-hydrogen) atoms. The molecule has 12 rings (SSSR count). The predicted octanol–water partition coefficient (Wildman–Crippen LogP) is 12.5. The van der Waals surface area contributed by atoms with E-state index in [0.717, 1.165) is 89.7 Å². The van der Waals surface area contributed by atoms with Gasteiger partial charge in [-0.15, -0.1) is 0 Å². The summed E-state index contributed by atoms with van der Waals surface area (Å²) in [5.74, 6) is 1.54. The minimum absolute atomic E-state index is 0.610. The van der Waals surface area contributed by atoms with E-state index in [9.17, 15) is 0 Å². The van der Waals surface area contributed by atoms with Gasteiger partial charge in [-0.25, -0.2) is 4.85 Å². The molecule has 256 valence electrons. The van der Waals surface area contributed by atoms with Crippen molar-refractivity contribution in [2.75, 3.05) is 4.90 Å². The maximum absolute atomic E-state index is 7.78. The molecule has 5 heterocycles. The molecular formula is C48H27N5OS. The van der Waals surface area contributed by atoms with Crippen molar-refractivity contribution in [3.05, 3.63) is 198 Å². The first-order valence-electron chi connectivity index (χ1n) is 18.2. The van der Waals surface area contributed by atoms with E-state index in [1.165, 1.54) is 9.79 Å². The van der Waals surface area contributed by atoms with E-state index in [1.54, 1.807) is 11.8 Å². The minimum Gasteiger partial charge on any atom is -0.452 e. The summed E-state index contributed by atoms with van der Waals surface area (Å²) >= 11 is 1.79. The Bertz CT molecular complexity index is 3070. The van der Waals surface area contributed by atoms with Crippen LogP contribution in [-0.4, -0.2) is 14.5 Å². The molecule has 0 saturated heterocycles. The third-order valence-electron chi connectivity index (χ3n) is 11.3. The molecule has 1 spiro atoms. The molecule has 6 nitrogen and oxygen atoms in total. The molecule has 3 aliphatic rings. The van der Waals surface area contributed by atoms with E-state index in [1.807, 2.05) is 36.7 Å². The molecule has 6 aromatic carbocycles. The Labute approximate surface area is 320 Å². The fourth-order valence-electron chi connectivity index (χ4n) is 9.23. The van der Waals surface area contributed by atoms with Crippen LogP contribution in [0, 0.1) is 6.57 Å².